The summed E-state index contributed by atoms with van der Waals surface area (Å²) in [5.74, 6) is 0.375. The number of allylic oxidation sites excluding steroid dienone is 4. The van der Waals surface area contributed by atoms with Gasteiger partial charge in [0.1, 0.15) is 0 Å². The number of hydrogen-bond donors (Lipinski definition) is 0. The number of benzene rings is 1. The lowest BCUT2D eigenvalue weighted by molar-refractivity contribution is -0.384. The van der Waals surface area contributed by atoms with E-state index in [1.54, 1.807) is 6.07 Å². The standard InChI is InChI=1S/C21H22N2O4/c1-13-17-9-10-18(20(17)14-5-2-3-6-14)19(13)21(25)22(12-24)15-7-4-8-16(11-15)23(26)27/h4-5,7-13,17-20H,2-3,6H2,1H3/t13-,17+,18-,19+,20-/m0/s1. The molecule has 3 aliphatic rings. The summed E-state index contributed by atoms with van der Waals surface area (Å²) in [6, 6.07) is 5.68. The second kappa shape index (κ2) is 6.76. The predicted octanol–water partition coefficient (Wildman–Crippen LogP) is 3.88. The minimum absolute atomic E-state index is 0.1000. The molecule has 1 aromatic rings. The molecule has 1 saturated carbocycles. The van der Waals surface area contributed by atoms with Crippen LogP contribution in [0.3, 0.4) is 0 Å². The maximum atomic E-state index is 13.3. The van der Waals surface area contributed by atoms with Crippen LogP contribution in [0.2, 0.25) is 0 Å². The van der Waals surface area contributed by atoms with Crippen molar-refractivity contribution < 1.29 is 14.5 Å². The number of rotatable bonds is 5. The van der Waals surface area contributed by atoms with Crippen LogP contribution in [0.15, 0.2) is 48.1 Å². The van der Waals surface area contributed by atoms with Gasteiger partial charge in [0.25, 0.3) is 5.69 Å². The number of carbonyl (C=O) groups excluding carboxylic acids is 2. The van der Waals surface area contributed by atoms with Gasteiger partial charge < -0.3 is 0 Å². The maximum absolute atomic E-state index is 13.3. The maximum Gasteiger partial charge on any atom is 0.271 e. The summed E-state index contributed by atoms with van der Waals surface area (Å²) >= 11 is 0. The van der Waals surface area contributed by atoms with E-state index in [0.717, 1.165) is 17.7 Å². The second-order valence-corrected chi connectivity index (χ2v) is 7.71. The SMILES string of the molecule is C[C@H]1[C@H]2C=C[C@H]([C@H]2C2=CCCC2)[C@@H]1C(=O)N(C=O)c1cccc([N+](=O)[O-])c1. The van der Waals surface area contributed by atoms with Gasteiger partial charge in [-0.3, -0.25) is 24.6 Å². The van der Waals surface area contributed by atoms with Gasteiger partial charge in [0.15, 0.2) is 0 Å². The zero-order valence-electron chi connectivity index (χ0n) is 15.2. The molecule has 0 spiro atoms. The zero-order valence-corrected chi connectivity index (χ0v) is 15.2. The van der Waals surface area contributed by atoms with Crippen LogP contribution in [0.25, 0.3) is 0 Å². The van der Waals surface area contributed by atoms with Crippen molar-refractivity contribution in [1.29, 1.82) is 0 Å². The van der Waals surface area contributed by atoms with Crippen LogP contribution in [0, 0.1) is 39.7 Å². The summed E-state index contributed by atoms with van der Waals surface area (Å²) in [6.45, 7) is 2.08. The van der Waals surface area contributed by atoms with E-state index in [1.165, 1.54) is 30.2 Å². The molecule has 4 rings (SSSR count). The van der Waals surface area contributed by atoms with Crippen LogP contribution in [0.4, 0.5) is 11.4 Å². The minimum Gasteiger partial charge on any atom is -0.278 e. The third kappa shape index (κ3) is 2.80. The largest absolute Gasteiger partial charge is 0.278 e. The van der Waals surface area contributed by atoms with Crippen LogP contribution >= 0.6 is 0 Å². The fraction of sp³-hybridized carbons (Fsp3) is 0.429. The van der Waals surface area contributed by atoms with Crippen molar-refractivity contribution in [1.82, 2.24) is 0 Å². The molecule has 3 aliphatic carbocycles. The average molecular weight is 366 g/mol. The first-order chi connectivity index (χ1) is 13.0. The van der Waals surface area contributed by atoms with Crippen LogP contribution in [0.5, 0.6) is 0 Å². The van der Waals surface area contributed by atoms with Gasteiger partial charge in [-0.15, -0.1) is 0 Å². The third-order valence-corrected chi connectivity index (χ3v) is 6.42. The van der Waals surface area contributed by atoms with E-state index in [1.807, 2.05) is 0 Å². The molecule has 1 fully saturated rings. The number of hydrogen-bond acceptors (Lipinski definition) is 4. The molecule has 2 amide bonds. The van der Waals surface area contributed by atoms with Crippen LogP contribution < -0.4 is 4.90 Å². The molecule has 5 atom stereocenters. The Balaban J connectivity index is 1.63. The number of fused-ring (bicyclic) bond motifs is 2. The van der Waals surface area contributed by atoms with E-state index in [0.29, 0.717) is 18.2 Å². The summed E-state index contributed by atoms with van der Waals surface area (Å²) in [5, 5.41) is 11.0. The molecule has 0 N–H and O–H groups in total. The molecule has 0 saturated heterocycles. The fourth-order valence-electron chi connectivity index (χ4n) is 5.23. The van der Waals surface area contributed by atoms with E-state index in [4.69, 9.17) is 0 Å². The lowest BCUT2D eigenvalue weighted by Crippen LogP contribution is -2.39. The zero-order chi connectivity index (χ0) is 19.1. The number of nitrogens with zero attached hydrogens (tertiary/aromatic N) is 2. The highest BCUT2D eigenvalue weighted by Gasteiger charge is 2.54. The van der Waals surface area contributed by atoms with Crippen LogP contribution in [-0.2, 0) is 9.59 Å². The molecule has 2 bridgehead atoms. The van der Waals surface area contributed by atoms with E-state index >= 15 is 0 Å². The molecule has 0 aromatic heterocycles. The van der Waals surface area contributed by atoms with Crippen molar-refractivity contribution in [2.45, 2.75) is 26.2 Å². The summed E-state index contributed by atoms with van der Waals surface area (Å²) in [5.41, 5.74) is 1.56. The van der Waals surface area contributed by atoms with Gasteiger partial charge in [-0.25, -0.2) is 0 Å². The summed E-state index contributed by atoms with van der Waals surface area (Å²) in [6.07, 6.45) is 10.5. The summed E-state index contributed by atoms with van der Waals surface area (Å²) in [4.78, 5) is 36.6. The monoisotopic (exact) mass is 366 g/mol. The molecule has 27 heavy (non-hydrogen) atoms. The molecular formula is C21H22N2O4. The molecule has 0 aliphatic heterocycles. The Kier molecular flexibility index (Phi) is 4.42. The Morgan fingerprint density at radius 1 is 1.30 bits per heavy atom. The highest BCUT2D eigenvalue weighted by Crippen LogP contribution is 2.56. The van der Waals surface area contributed by atoms with Crippen molar-refractivity contribution in [2.75, 3.05) is 4.90 Å². The summed E-state index contributed by atoms with van der Waals surface area (Å²) in [7, 11) is 0. The van der Waals surface area contributed by atoms with E-state index in [9.17, 15) is 19.7 Å². The smallest absolute Gasteiger partial charge is 0.271 e. The minimum atomic E-state index is -0.525. The second-order valence-electron chi connectivity index (χ2n) is 7.71. The number of non-ortho nitro benzene ring substituents is 1. The Labute approximate surface area is 157 Å². The predicted molar refractivity (Wildman–Crippen MR) is 101 cm³/mol. The Bertz CT molecular complexity index is 859. The topological polar surface area (TPSA) is 80.5 Å². The Hall–Kier alpha value is -2.76. The third-order valence-electron chi connectivity index (χ3n) is 6.42. The summed E-state index contributed by atoms with van der Waals surface area (Å²) < 4.78 is 0. The number of nitro benzene ring substituents is 1. The van der Waals surface area contributed by atoms with Gasteiger partial charge in [0, 0.05) is 18.1 Å². The fourth-order valence-corrected chi connectivity index (χ4v) is 5.23. The van der Waals surface area contributed by atoms with E-state index in [-0.39, 0.29) is 35.0 Å². The Morgan fingerprint density at radius 3 is 2.74 bits per heavy atom. The molecule has 6 nitrogen and oxygen atoms in total. The molecule has 1 aromatic carbocycles. The van der Waals surface area contributed by atoms with Crippen LogP contribution in [0.1, 0.15) is 26.2 Å². The molecular weight excluding hydrogens is 344 g/mol. The highest BCUT2D eigenvalue weighted by molar-refractivity contribution is 6.08. The average Bonchev–Trinajstić information content (AvgIpc) is 3.37. The van der Waals surface area contributed by atoms with Gasteiger partial charge in [-0.2, -0.15) is 0 Å². The molecule has 6 heteroatoms. The van der Waals surface area contributed by atoms with Gasteiger partial charge in [-0.1, -0.05) is 36.8 Å². The molecule has 0 unspecified atom stereocenters. The van der Waals surface area contributed by atoms with Crippen molar-refractivity contribution in [2.24, 2.45) is 29.6 Å². The van der Waals surface area contributed by atoms with Crippen molar-refractivity contribution in [3.8, 4) is 0 Å². The van der Waals surface area contributed by atoms with Gasteiger partial charge in [0.05, 0.1) is 10.6 Å². The highest BCUT2D eigenvalue weighted by atomic mass is 16.6. The number of anilines is 1. The first-order valence-corrected chi connectivity index (χ1v) is 9.43. The van der Waals surface area contributed by atoms with Crippen LogP contribution in [-0.4, -0.2) is 17.2 Å². The van der Waals surface area contributed by atoms with Crippen molar-refractivity contribution in [3.63, 3.8) is 0 Å². The molecule has 140 valence electrons. The normalized spacial score (nSPS) is 31.0. The number of nitro groups is 1. The van der Waals surface area contributed by atoms with E-state index < -0.39 is 4.92 Å². The number of amides is 2. The van der Waals surface area contributed by atoms with Gasteiger partial charge in [0.2, 0.25) is 12.3 Å². The molecule has 0 heterocycles. The lowest BCUT2D eigenvalue weighted by Gasteiger charge is -2.27. The quantitative estimate of drug-likeness (QED) is 0.343. The number of imide groups is 1. The lowest BCUT2D eigenvalue weighted by atomic mass is 9.83. The first-order valence-electron chi connectivity index (χ1n) is 9.43. The van der Waals surface area contributed by atoms with Crippen molar-refractivity contribution in [3.05, 3.63) is 58.2 Å². The first kappa shape index (κ1) is 17.6. The van der Waals surface area contributed by atoms with Gasteiger partial charge in [-0.05, 0) is 49.0 Å². The Morgan fingerprint density at radius 2 is 2.07 bits per heavy atom. The van der Waals surface area contributed by atoms with Crippen molar-refractivity contribution >= 4 is 23.7 Å². The number of carbonyl (C=O) groups is 2. The van der Waals surface area contributed by atoms with E-state index in [2.05, 4.69) is 25.2 Å². The molecule has 0 radical (unpaired) electrons. The van der Waals surface area contributed by atoms with Gasteiger partial charge >= 0.3 is 0 Å².